The summed E-state index contributed by atoms with van der Waals surface area (Å²) < 4.78 is 0. The van der Waals surface area contributed by atoms with Gasteiger partial charge in [0.1, 0.15) is 0 Å². The minimum Gasteiger partial charge on any atom is -0.389 e. The lowest BCUT2D eigenvalue weighted by Gasteiger charge is -2.06. The van der Waals surface area contributed by atoms with Crippen LogP contribution in [0.25, 0.3) is 0 Å². The molecule has 1 atom stereocenters. The maximum absolute atomic E-state index is 3.33. The van der Waals surface area contributed by atoms with Gasteiger partial charge in [-0.25, -0.2) is 0 Å². The van der Waals surface area contributed by atoms with Gasteiger partial charge in [0.2, 0.25) is 0 Å². The monoisotopic (exact) mass is 154 g/mol. The van der Waals surface area contributed by atoms with Gasteiger partial charge in [0, 0.05) is 12.2 Å². The van der Waals surface area contributed by atoms with Crippen LogP contribution in [0, 0.1) is 0 Å². The molecule has 0 saturated carbocycles. The van der Waals surface area contributed by atoms with Crippen LogP contribution in [0.3, 0.4) is 0 Å². The summed E-state index contributed by atoms with van der Waals surface area (Å²) in [7, 11) is 0. The Bertz CT molecular complexity index is 186. The van der Waals surface area contributed by atoms with Crippen molar-refractivity contribution in [2.75, 3.05) is 12.4 Å². The van der Waals surface area contributed by atoms with Gasteiger partial charge in [-0.3, -0.25) is 0 Å². The molecule has 2 N–H and O–H groups in total. The Labute approximate surface area is 64.8 Å². The molecule has 0 aliphatic carbocycles. The Morgan fingerprint density at radius 1 is 1.60 bits per heavy atom. The van der Waals surface area contributed by atoms with Gasteiger partial charge >= 0.3 is 0 Å². The van der Waals surface area contributed by atoms with Gasteiger partial charge in [-0.2, -0.15) is 0 Å². The van der Waals surface area contributed by atoms with E-state index in [1.165, 1.54) is 5.70 Å². The molecule has 0 spiro atoms. The highest BCUT2D eigenvalue weighted by atomic mass is 32.2. The van der Waals surface area contributed by atoms with E-state index in [1.54, 1.807) is 0 Å². The molecular formula is C7H10N2S. The molecule has 0 radical (unpaired) electrons. The van der Waals surface area contributed by atoms with E-state index < -0.39 is 0 Å². The first-order chi connectivity index (χ1) is 4.97. The second kappa shape index (κ2) is 2.58. The van der Waals surface area contributed by atoms with E-state index in [2.05, 4.69) is 16.7 Å². The minimum absolute atomic E-state index is 0.648. The molecule has 54 valence electrons. The summed E-state index contributed by atoms with van der Waals surface area (Å²) in [6.45, 7) is 1.06. The van der Waals surface area contributed by atoms with E-state index >= 15 is 0 Å². The van der Waals surface area contributed by atoms with E-state index in [0.717, 1.165) is 12.4 Å². The van der Waals surface area contributed by atoms with Crippen molar-refractivity contribution in [2.24, 2.45) is 0 Å². The molecule has 2 aliphatic heterocycles. The van der Waals surface area contributed by atoms with Crippen molar-refractivity contribution in [3.63, 3.8) is 0 Å². The number of rotatable bonds is 0. The zero-order valence-corrected chi connectivity index (χ0v) is 6.45. The van der Waals surface area contributed by atoms with E-state index in [4.69, 9.17) is 0 Å². The Hall–Kier alpha value is -0.570. The van der Waals surface area contributed by atoms with Crippen molar-refractivity contribution in [3.8, 4) is 0 Å². The molecule has 0 amide bonds. The zero-order valence-electron chi connectivity index (χ0n) is 5.63. The van der Waals surface area contributed by atoms with Crippen LogP contribution in [0.1, 0.15) is 0 Å². The van der Waals surface area contributed by atoms with Crippen LogP contribution in [-0.2, 0) is 0 Å². The fourth-order valence-electron chi connectivity index (χ4n) is 1.16. The molecule has 2 aliphatic rings. The summed E-state index contributed by atoms with van der Waals surface area (Å²) in [4.78, 5) is 0. The maximum atomic E-state index is 3.33. The van der Waals surface area contributed by atoms with Gasteiger partial charge in [-0.05, 0) is 18.4 Å². The molecule has 1 saturated heterocycles. The highest BCUT2D eigenvalue weighted by Crippen LogP contribution is 2.23. The van der Waals surface area contributed by atoms with Crippen molar-refractivity contribution in [2.45, 2.75) is 5.25 Å². The maximum Gasteiger partial charge on any atom is 0.0634 e. The fourth-order valence-corrected chi connectivity index (χ4v) is 2.17. The van der Waals surface area contributed by atoms with Gasteiger partial charge in [0.15, 0.2) is 0 Å². The lowest BCUT2D eigenvalue weighted by Crippen LogP contribution is -2.20. The SMILES string of the molecule is C1=CNCC2SCNC2=C1. The smallest absolute Gasteiger partial charge is 0.0634 e. The standard InChI is InChI=1S/C7H10N2S/c1-2-6-7(4-8-3-1)10-5-9-6/h1-3,7-9H,4-5H2. The van der Waals surface area contributed by atoms with Gasteiger partial charge in [-0.15, -0.1) is 11.8 Å². The van der Waals surface area contributed by atoms with Crippen molar-refractivity contribution in [3.05, 3.63) is 24.0 Å². The van der Waals surface area contributed by atoms with Gasteiger partial charge in [0.05, 0.1) is 11.1 Å². The number of thioether (sulfide) groups is 1. The van der Waals surface area contributed by atoms with Crippen LogP contribution >= 0.6 is 11.8 Å². The number of nitrogens with one attached hydrogen (secondary N) is 2. The number of hydrogen-bond donors (Lipinski definition) is 2. The van der Waals surface area contributed by atoms with Crippen LogP contribution in [0.2, 0.25) is 0 Å². The van der Waals surface area contributed by atoms with Crippen molar-refractivity contribution in [1.29, 1.82) is 0 Å². The topological polar surface area (TPSA) is 24.1 Å². The van der Waals surface area contributed by atoms with E-state index in [1.807, 2.05) is 24.0 Å². The Morgan fingerprint density at radius 2 is 2.60 bits per heavy atom. The van der Waals surface area contributed by atoms with Crippen molar-refractivity contribution in [1.82, 2.24) is 10.6 Å². The highest BCUT2D eigenvalue weighted by Gasteiger charge is 2.20. The normalized spacial score (nSPS) is 29.6. The number of fused-ring (bicyclic) bond motifs is 1. The summed E-state index contributed by atoms with van der Waals surface area (Å²) in [6.07, 6.45) is 6.19. The Kier molecular flexibility index (Phi) is 1.59. The third kappa shape index (κ3) is 1.01. The molecule has 2 nitrogen and oxygen atoms in total. The molecule has 0 bridgehead atoms. The van der Waals surface area contributed by atoms with Crippen molar-refractivity contribution < 1.29 is 0 Å². The van der Waals surface area contributed by atoms with Gasteiger partial charge in [-0.1, -0.05) is 0 Å². The fraction of sp³-hybridized carbons (Fsp3) is 0.429. The van der Waals surface area contributed by atoms with Crippen LogP contribution in [0.5, 0.6) is 0 Å². The van der Waals surface area contributed by atoms with Gasteiger partial charge in [0.25, 0.3) is 0 Å². The third-order valence-corrected chi connectivity index (χ3v) is 2.83. The van der Waals surface area contributed by atoms with Crippen LogP contribution in [0.15, 0.2) is 24.0 Å². The quantitative estimate of drug-likeness (QED) is 0.535. The molecule has 3 heteroatoms. The Morgan fingerprint density at radius 3 is 3.60 bits per heavy atom. The first-order valence-corrected chi connectivity index (χ1v) is 4.47. The summed E-state index contributed by atoms with van der Waals surface area (Å²) >= 11 is 1.96. The largest absolute Gasteiger partial charge is 0.389 e. The van der Waals surface area contributed by atoms with Crippen LogP contribution in [-0.4, -0.2) is 17.7 Å². The summed E-state index contributed by atoms with van der Waals surface area (Å²) in [6, 6.07) is 0. The molecule has 1 fully saturated rings. The van der Waals surface area contributed by atoms with Crippen LogP contribution in [0.4, 0.5) is 0 Å². The average Bonchev–Trinajstić information content (AvgIpc) is 2.28. The predicted molar refractivity (Wildman–Crippen MR) is 44.6 cm³/mol. The number of hydrogen-bond acceptors (Lipinski definition) is 3. The molecular weight excluding hydrogens is 144 g/mol. The molecule has 2 heterocycles. The summed E-state index contributed by atoms with van der Waals surface area (Å²) in [5, 5.41) is 7.20. The average molecular weight is 154 g/mol. The van der Waals surface area contributed by atoms with E-state index in [-0.39, 0.29) is 0 Å². The molecule has 0 aromatic carbocycles. The van der Waals surface area contributed by atoms with Crippen molar-refractivity contribution >= 4 is 11.8 Å². The summed E-state index contributed by atoms with van der Waals surface area (Å²) in [5.41, 5.74) is 1.37. The molecule has 0 aromatic heterocycles. The molecule has 0 aromatic rings. The molecule has 2 rings (SSSR count). The first kappa shape index (κ1) is 6.16. The minimum atomic E-state index is 0.648. The lowest BCUT2D eigenvalue weighted by molar-refractivity contribution is 0.821. The number of allylic oxidation sites excluding steroid dienone is 2. The van der Waals surface area contributed by atoms with E-state index in [9.17, 15) is 0 Å². The third-order valence-electron chi connectivity index (χ3n) is 1.70. The van der Waals surface area contributed by atoms with E-state index in [0.29, 0.717) is 5.25 Å². The molecule has 10 heavy (non-hydrogen) atoms. The first-order valence-electron chi connectivity index (χ1n) is 3.42. The van der Waals surface area contributed by atoms with Gasteiger partial charge < -0.3 is 10.6 Å². The lowest BCUT2D eigenvalue weighted by atomic mass is 10.3. The highest BCUT2D eigenvalue weighted by molar-refractivity contribution is 8.00. The second-order valence-electron chi connectivity index (χ2n) is 2.37. The van der Waals surface area contributed by atoms with Crippen LogP contribution < -0.4 is 10.6 Å². The predicted octanol–water partition coefficient (Wildman–Crippen LogP) is 0.650. The zero-order chi connectivity index (χ0) is 6.81. The Balaban J connectivity index is 2.18. The molecule has 1 unspecified atom stereocenters. The second-order valence-corrected chi connectivity index (χ2v) is 3.56. The summed E-state index contributed by atoms with van der Waals surface area (Å²) in [5.74, 6) is 1.06.